The lowest BCUT2D eigenvalue weighted by molar-refractivity contribution is 1.95. The first-order valence-corrected chi connectivity index (χ1v) is 3.77. The van der Waals surface area contributed by atoms with Gasteiger partial charge in [-0.1, -0.05) is 25.2 Å². The van der Waals surface area contributed by atoms with E-state index in [2.05, 4.69) is 30.5 Å². The molecule has 1 aromatic heterocycles. The van der Waals surface area contributed by atoms with Gasteiger partial charge in [0.05, 0.1) is 0 Å². The molecule has 2 heteroatoms. The van der Waals surface area contributed by atoms with E-state index in [0.29, 0.717) is 6.71 Å². The molecular weight excluding hydrogens is 115 g/mol. The molecule has 1 heterocycles. The summed E-state index contributed by atoms with van der Waals surface area (Å²) in [6, 6.07) is 2.18. The quantitative estimate of drug-likeness (QED) is 0.500. The summed E-state index contributed by atoms with van der Waals surface area (Å²) in [5.74, 6) is 0. The van der Waals surface area contributed by atoms with E-state index >= 15 is 0 Å². The van der Waals surface area contributed by atoms with Gasteiger partial charge < -0.3 is 0 Å². The molecule has 0 aliphatic rings. The third-order valence-electron chi connectivity index (χ3n) is 1.21. The highest BCUT2D eigenvalue weighted by molar-refractivity contribution is 7.09. The Balaban J connectivity index is 2.77. The Morgan fingerprint density at radius 1 is 1.50 bits per heavy atom. The number of rotatable bonds is 1. The summed E-state index contributed by atoms with van der Waals surface area (Å²) in [5, 5.41) is 4.32. The van der Waals surface area contributed by atoms with Crippen molar-refractivity contribution in [3.8, 4) is 0 Å². The highest BCUT2D eigenvalue weighted by atomic mass is 32.1. The molecule has 1 rings (SSSR count). The van der Waals surface area contributed by atoms with Gasteiger partial charge in [0, 0.05) is 0 Å². The van der Waals surface area contributed by atoms with Gasteiger partial charge in [-0.2, -0.15) is 11.3 Å². The average Bonchev–Trinajstić information content (AvgIpc) is 2.12. The Morgan fingerprint density at radius 3 is 2.50 bits per heavy atom. The van der Waals surface area contributed by atoms with Gasteiger partial charge in [0.1, 0.15) is 0 Å². The zero-order chi connectivity index (χ0) is 5.98. The van der Waals surface area contributed by atoms with Gasteiger partial charge in [-0.25, -0.2) is 0 Å². The van der Waals surface area contributed by atoms with Gasteiger partial charge >= 0.3 is 0 Å². The van der Waals surface area contributed by atoms with Crippen molar-refractivity contribution in [3.63, 3.8) is 0 Å². The minimum Gasteiger partial charge on any atom is -0.153 e. The monoisotopic (exact) mass is 124 g/mol. The molecule has 0 N–H and O–H groups in total. The van der Waals surface area contributed by atoms with E-state index in [1.807, 2.05) is 0 Å². The van der Waals surface area contributed by atoms with Gasteiger partial charge in [0.15, 0.2) is 6.71 Å². The van der Waals surface area contributed by atoms with E-state index in [4.69, 9.17) is 0 Å². The Morgan fingerprint density at radius 2 is 2.25 bits per heavy atom. The summed E-state index contributed by atoms with van der Waals surface area (Å²) in [6.07, 6.45) is 0. The summed E-state index contributed by atoms with van der Waals surface area (Å²) in [5.41, 5.74) is 1.45. The van der Waals surface area contributed by atoms with Crippen molar-refractivity contribution in [2.45, 2.75) is 13.6 Å². The normalized spacial score (nSPS) is 9.25. The van der Waals surface area contributed by atoms with Crippen molar-refractivity contribution in [2.75, 3.05) is 0 Å². The van der Waals surface area contributed by atoms with E-state index in [-0.39, 0.29) is 0 Å². The molecule has 0 radical (unpaired) electrons. The lowest BCUT2D eigenvalue weighted by Crippen LogP contribution is -2.19. The van der Waals surface area contributed by atoms with Crippen molar-refractivity contribution in [2.24, 2.45) is 0 Å². The largest absolute Gasteiger partial charge is 0.170 e. The topological polar surface area (TPSA) is 0 Å². The second-order valence-corrected chi connectivity index (χ2v) is 2.99. The van der Waals surface area contributed by atoms with Crippen LogP contribution in [0.25, 0.3) is 0 Å². The summed E-state index contributed by atoms with van der Waals surface area (Å²) >= 11 is 1.77. The third kappa shape index (κ3) is 1.13. The standard InChI is InChI=1S/C6H9BS/c1-7(2)6-3-4-8-5-6/h3-5H,1-2H3. The molecular formula is C6H9BS. The highest BCUT2D eigenvalue weighted by Gasteiger charge is 1.99. The van der Waals surface area contributed by atoms with E-state index in [9.17, 15) is 0 Å². The Labute approximate surface area is 54.6 Å². The Hall–Kier alpha value is -0.235. The maximum Gasteiger partial charge on any atom is 0.170 e. The zero-order valence-electron chi connectivity index (χ0n) is 5.22. The molecule has 0 aliphatic carbocycles. The van der Waals surface area contributed by atoms with E-state index in [1.54, 1.807) is 11.3 Å². The van der Waals surface area contributed by atoms with Gasteiger partial charge in [-0.3, -0.25) is 0 Å². The molecule has 0 bridgehead atoms. The molecule has 0 atom stereocenters. The predicted molar refractivity (Wildman–Crippen MR) is 41.4 cm³/mol. The minimum absolute atomic E-state index is 0.696. The second kappa shape index (κ2) is 2.36. The van der Waals surface area contributed by atoms with Gasteiger partial charge in [0.25, 0.3) is 0 Å². The summed E-state index contributed by atoms with van der Waals surface area (Å²) in [6.45, 7) is 5.12. The summed E-state index contributed by atoms with van der Waals surface area (Å²) in [7, 11) is 0. The molecule has 0 saturated carbocycles. The van der Waals surface area contributed by atoms with E-state index in [0.717, 1.165) is 0 Å². The summed E-state index contributed by atoms with van der Waals surface area (Å²) < 4.78 is 0. The van der Waals surface area contributed by atoms with Crippen molar-refractivity contribution in [1.29, 1.82) is 0 Å². The first-order chi connectivity index (χ1) is 3.80. The van der Waals surface area contributed by atoms with Gasteiger partial charge in [-0.05, 0) is 10.8 Å². The molecule has 0 amide bonds. The average molecular weight is 124 g/mol. The van der Waals surface area contributed by atoms with Crippen LogP contribution >= 0.6 is 11.3 Å². The minimum atomic E-state index is 0.696. The van der Waals surface area contributed by atoms with Crippen molar-refractivity contribution >= 4 is 23.5 Å². The Kier molecular flexibility index (Phi) is 1.74. The molecule has 8 heavy (non-hydrogen) atoms. The highest BCUT2D eigenvalue weighted by Crippen LogP contribution is 1.94. The Bertz CT molecular complexity index is 144. The molecule has 0 spiro atoms. The number of hydrogen-bond donors (Lipinski definition) is 0. The molecule has 0 unspecified atom stereocenters. The third-order valence-corrected chi connectivity index (χ3v) is 1.91. The fraction of sp³-hybridized carbons (Fsp3) is 0.333. The lowest BCUT2D eigenvalue weighted by atomic mass is 9.50. The fourth-order valence-corrected chi connectivity index (χ4v) is 1.43. The van der Waals surface area contributed by atoms with Crippen LogP contribution in [-0.2, 0) is 0 Å². The van der Waals surface area contributed by atoms with Crippen LogP contribution in [0.2, 0.25) is 13.6 Å². The maximum absolute atomic E-state index is 2.21. The smallest absolute Gasteiger partial charge is 0.153 e. The molecule has 0 aromatic carbocycles. The van der Waals surface area contributed by atoms with Crippen molar-refractivity contribution in [3.05, 3.63) is 16.8 Å². The second-order valence-electron chi connectivity index (χ2n) is 2.21. The molecule has 0 fully saturated rings. The van der Waals surface area contributed by atoms with Gasteiger partial charge in [-0.15, -0.1) is 0 Å². The predicted octanol–water partition coefficient (Wildman–Crippen LogP) is 1.71. The van der Waals surface area contributed by atoms with Crippen LogP contribution in [0, 0.1) is 0 Å². The van der Waals surface area contributed by atoms with Crippen LogP contribution in [0.3, 0.4) is 0 Å². The molecule has 0 saturated heterocycles. The molecule has 42 valence electrons. The molecule has 0 aliphatic heterocycles. The van der Waals surface area contributed by atoms with Crippen molar-refractivity contribution < 1.29 is 0 Å². The van der Waals surface area contributed by atoms with Crippen LogP contribution < -0.4 is 5.46 Å². The first-order valence-electron chi connectivity index (χ1n) is 2.83. The van der Waals surface area contributed by atoms with Gasteiger partial charge in [0.2, 0.25) is 0 Å². The molecule has 1 aromatic rings. The number of hydrogen-bond acceptors (Lipinski definition) is 1. The SMILES string of the molecule is CB(C)c1ccsc1. The fourth-order valence-electron chi connectivity index (χ4n) is 0.604. The van der Waals surface area contributed by atoms with Crippen LogP contribution in [-0.4, -0.2) is 6.71 Å². The zero-order valence-corrected chi connectivity index (χ0v) is 6.03. The van der Waals surface area contributed by atoms with Crippen LogP contribution in [0.15, 0.2) is 16.8 Å². The first kappa shape index (κ1) is 5.89. The van der Waals surface area contributed by atoms with Crippen molar-refractivity contribution in [1.82, 2.24) is 0 Å². The maximum atomic E-state index is 2.21. The van der Waals surface area contributed by atoms with E-state index in [1.165, 1.54) is 5.46 Å². The van der Waals surface area contributed by atoms with E-state index < -0.39 is 0 Å². The van der Waals surface area contributed by atoms with Crippen LogP contribution in [0.5, 0.6) is 0 Å². The lowest BCUT2D eigenvalue weighted by Gasteiger charge is -1.91. The van der Waals surface area contributed by atoms with Crippen LogP contribution in [0.1, 0.15) is 0 Å². The summed E-state index contributed by atoms with van der Waals surface area (Å²) in [4.78, 5) is 0. The van der Waals surface area contributed by atoms with Crippen LogP contribution in [0.4, 0.5) is 0 Å². The molecule has 0 nitrogen and oxygen atoms in total. The number of thiophene rings is 1.